The van der Waals surface area contributed by atoms with Gasteiger partial charge in [0.05, 0.1) is 24.3 Å². The number of methoxy groups -OCH3 is 1. The van der Waals surface area contributed by atoms with Crippen LogP contribution in [-0.2, 0) is 14.8 Å². The minimum atomic E-state index is -4.21. The number of aryl methyl sites for hydroxylation is 1. The summed E-state index contributed by atoms with van der Waals surface area (Å²) in [6, 6.07) is 19.4. The molecule has 0 N–H and O–H groups in total. The average Bonchev–Trinajstić information content (AvgIpc) is 2.80. The molecule has 1 atom stereocenters. The molecule has 1 unspecified atom stereocenters. The van der Waals surface area contributed by atoms with Crippen molar-refractivity contribution in [2.75, 3.05) is 18.0 Å². The molecule has 7 nitrogen and oxygen atoms in total. The van der Waals surface area contributed by atoms with E-state index in [2.05, 4.69) is 0 Å². The third-order valence-electron chi connectivity index (χ3n) is 4.84. The van der Waals surface area contributed by atoms with Gasteiger partial charge in [0.2, 0.25) is 0 Å². The van der Waals surface area contributed by atoms with Crippen LogP contribution in [0.25, 0.3) is 0 Å². The molecular formula is C25H27NO6S. The number of benzene rings is 3. The highest BCUT2D eigenvalue weighted by Crippen LogP contribution is 2.28. The number of rotatable bonds is 9. The summed E-state index contributed by atoms with van der Waals surface area (Å²) in [5.41, 5.74) is 1.09. The topological polar surface area (TPSA) is 82.1 Å². The first-order valence-corrected chi connectivity index (χ1v) is 11.9. The van der Waals surface area contributed by atoms with Crippen LogP contribution in [0.15, 0.2) is 77.7 Å². The summed E-state index contributed by atoms with van der Waals surface area (Å²) >= 11 is 0. The molecule has 8 heteroatoms. The van der Waals surface area contributed by atoms with Crippen molar-refractivity contribution in [1.29, 1.82) is 0 Å². The molecular weight excluding hydrogens is 442 g/mol. The van der Waals surface area contributed by atoms with Crippen molar-refractivity contribution >= 4 is 21.6 Å². The predicted molar refractivity (Wildman–Crippen MR) is 127 cm³/mol. The van der Waals surface area contributed by atoms with E-state index in [1.807, 2.05) is 13.8 Å². The Balaban J connectivity index is 1.99. The SMILES string of the molecule is CCOc1ccc(N(C(=O)C(C)Oc2cccc(OC)c2)S(=O)(=O)c2ccc(C)cc2)cc1. The standard InChI is InChI=1S/C25H27NO6S/c1-5-31-21-13-11-20(12-14-21)26(33(28,29)24-15-9-18(2)10-16-24)25(27)19(3)32-23-8-6-7-22(17-23)30-4/h6-17,19H,5H2,1-4H3. The quantitative estimate of drug-likeness (QED) is 0.456. The molecule has 1 amide bonds. The summed E-state index contributed by atoms with van der Waals surface area (Å²) in [7, 11) is -2.68. The normalized spacial score (nSPS) is 12.0. The van der Waals surface area contributed by atoms with Gasteiger partial charge in [-0.3, -0.25) is 4.79 Å². The zero-order valence-corrected chi connectivity index (χ0v) is 19.8. The number of hydrogen-bond donors (Lipinski definition) is 0. The Morgan fingerprint density at radius 1 is 0.939 bits per heavy atom. The number of amides is 1. The van der Waals surface area contributed by atoms with Gasteiger partial charge in [0.15, 0.2) is 6.10 Å². The van der Waals surface area contributed by atoms with Gasteiger partial charge in [0, 0.05) is 6.07 Å². The fourth-order valence-corrected chi connectivity index (χ4v) is 4.61. The van der Waals surface area contributed by atoms with Gasteiger partial charge in [0.25, 0.3) is 15.9 Å². The first-order valence-electron chi connectivity index (χ1n) is 10.5. The Hall–Kier alpha value is -3.52. The van der Waals surface area contributed by atoms with Crippen LogP contribution < -0.4 is 18.5 Å². The summed E-state index contributed by atoms with van der Waals surface area (Å²) in [5, 5.41) is 0. The molecule has 0 saturated heterocycles. The minimum absolute atomic E-state index is 0.00363. The maximum atomic E-state index is 13.6. The van der Waals surface area contributed by atoms with Crippen LogP contribution in [0.1, 0.15) is 19.4 Å². The first-order chi connectivity index (χ1) is 15.8. The van der Waals surface area contributed by atoms with Crippen LogP contribution in [-0.4, -0.2) is 34.1 Å². The van der Waals surface area contributed by atoms with E-state index in [1.54, 1.807) is 48.5 Å². The monoisotopic (exact) mass is 469 g/mol. The second-order valence-corrected chi connectivity index (χ2v) is 9.07. The zero-order valence-electron chi connectivity index (χ0n) is 19.0. The van der Waals surface area contributed by atoms with Gasteiger partial charge in [0.1, 0.15) is 17.2 Å². The lowest BCUT2D eigenvalue weighted by atomic mass is 10.2. The van der Waals surface area contributed by atoms with E-state index in [9.17, 15) is 13.2 Å². The number of anilines is 1. The van der Waals surface area contributed by atoms with Crippen LogP contribution in [0.4, 0.5) is 5.69 Å². The molecule has 3 aromatic carbocycles. The summed E-state index contributed by atoms with van der Waals surface area (Å²) in [4.78, 5) is 13.5. The molecule has 174 valence electrons. The highest BCUT2D eigenvalue weighted by Gasteiger charge is 2.35. The van der Waals surface area contributed by atoms with Crippen LogP contribution in [0.3, 0.4) is 0 Å². The lowest BCUT2D eigenvalue weighted by Gasteiger charge is -2.26. The van der Waals surface area contributed by atoms with E-state index in [4.69, 9.17) is 14.2 Å². The van der Waals surface area contributed by atoms with Crippen molar-refractivity contribution in [2.45, 2.75) is 31.8 Å². The molecule has 0 bridgehead atoms. The molecule has 0 spiro atoms. The molecule has 0 heterocycles. The van der Waals surface area contributed by atoms with E-state index < -0.39 is 22.0 Å². The smallest absolute Gasteiger partial charge is 0.281 e. The van der Waals surface area contributed by atoms with Crippen molar-refractivity contribution in [1.82, 2.24) is 0 Å². The lowest BCUT2D eigenvalue weighted by Crippen LogP contribution is -2.44. The maximum Gasteiger partial charge on any atom is 0.281 e. The molecule has 3 aromatic rings. The van der Waals surface area contributed by atoms with Gasteiger partial charge in [-0.25, -0.2) is 8.42 Å². The summed E-state index contributed by atoms with van der Waals surface area (Å²) in [5.74, 6) is 0.780. The van der Waals surface area contributed by atoms with Crippen molar-refractivity contribution in [3.05, 3.63) is 78.4 Å². The molecule has 0 fully saturated rings. The molecule has 0 saturated carbocycles. The molecule has 0 aromatic heterocycles. The second kappa shape index (κ2) is 10.4. The van der Waals surface area contributed by atoms with Crippen molar-refractivity contribution in [3.8, 4) is 17.2 Å². The van der Waals surface area contributed by atoms with Gasteiger partial charge in [-0.2, -0.15) is 4.31 Å². The Labute approximate surface area is 194 Å². The molecule has 0 radical (unpaired) electrons. The zero-order chi connectivity index (χ0) is 24.0. The Kier molecular flexibility index (Phi) is 7.60. The number of sulfonamides is 1. The van der Waals surface area contributed by atoms with Gasteiger partial charge in [-0.15, -0.1) is 0 Å². The maximum absolute atomic E-state index is 13.6. The van der Waals surface area contributed by atoms with E-state index in [1.165, 1.54) is 38.3 Å². The number of carbonyl (C=O) groups excluding carboxylic acids is 1. The van der Waals surface area contributed by atoms with Crippen molar-refractivity contribution in [2.24, 2.45) is 0 Å². The van der Waals surface area contributed by atoms with Crippen LogP contribution in [0.5, 0.6) is 17.2 Å². The highest BCUT2D eigenvalue weighted by atomic mass is 32.2. The fraction of sp³-hybridized carbons (Fsp3) is 0.240. The number of nitrogens with zero attached hydrogens (tertiary/aromatic N) is 1. The molecule has 0 aliphatic heterocycles. The minimum Gasteiger partial charge on any atom is -0.497 e. The van der Waals surface area contributed by atoms with Crippen LogP contribution in [0.2, 0.25) is 0 Å². The number of carbonyl (C=O) groups is 1. The Morgan fingerprint density at radius 3 is 2.18 bits per heavy atom. The summed E-state index contributed by atoms with van der Waals surface area (Å²) in [6.07, 6.45) is -1.09. The number of ether oxygens (including phenoxy) is 3. The second-order valence-electron chi connectivity index (χ2n) is 7.29. The molecule has 3 rings (SSSR count). The van der Waals surface area contributed by atoms with E-state index in [0.717, 1.165) is 9.87 Å². The summed E-state index contributed by atoms with van der Waals surface area (Å²) < 4.78 is 44.3. The summed E-state index contributed by atoms with van der Waals surface area (Å²) in [6.45, 7) is 5.68. The average molecular weight is 470 g/mol. The largest absolute Gasteiger partial charge is 0.497 e. The van der Waals surface area contributed by atoms with Crippen molar-refractivity contribution in [3.63, 3.8) is 0 Å². The predicted octanol–water partition coefficient (Wildman–Crippen LogP) is 4.59. The highest BCUT2D eigenvalue weighted by molar-refractivity contribution is 7.93. The van der Waals surface area contributed by atoms with Crippen molar-refractivity contribution < 1.29 is 27.4 Å². The van der Waals surface area contributed by atoms with E-state index in [0.29, 0.717) is 23.9 Å². The van der Waals surface area contributed by atoms with Gasteiger partial charge in [-0.05, 0) is 69.3 Å². The molecule has 0 aliphatic carbocycles. The van der Waals surface area contributed by atoms with Gasteiger partial charge < -0.3 is 14.2 Å². The van der Waals surface area contributed by atoms with Gasteiger partial charge >= 0.3 is 0 Å². The van der Waals surface area contributed by atoms with Crippen LogP contribution >= 0.6 is 0 Å². The van der Waals surface area contributed by atoms with E-state index >= 15 is 0 Å². The molecule has 0 aliphatic rings. The molecule has 33 heavy (non-hydrogen) atoms. The van der Waals surface area contributed by atoms with Gasteiger partial charge in [-0.1, -0.05) is 23.8 Å². The van der Waals surface area contributed by atoms with Crippen LogP contribution in [0, 0.1) is 6.92 Å². The first kappa shape index (κ1) is 24.1. The fourth-order valence-electron chi connectivity index (χ4n) is 3.14. The third kappa shape index (κ3) is 5.64. The number of hydrogen-bond acceptors (Lipinski definition) is 6. The lowest BCUT2D eigenvalue weighted by molar-refractivity contribution is -0.123. The van der Waals surface area contributed by atoms with E-state index in [-0.39, 0.29) is 10.6 Å². The third-order valence-corrected chi connectivity index (χ3v) is 6.58. The Bertz CT molecular complexity index is 1190. The Morgan fingerprint density at radius 2 is 1.58 bits per heavy atom.